The number of urea groups is 1. The molecule has 2 saturated carbocycles. The second-order valence-electron chi connectivity index (χ2n) is 8.43. The van der Waals surface area contributed by atoms with Gasteiger partial charge in [0.2, 0.25) is 5.91 Å². The van der Waals surface area contributed by atoms with Crippen molar-refractivity contribution in [3.8, 4) is 0 Å². The Kier molecular flexibility index (Phi) is 4.60. The fourth-order valence-corrected chi connectivity index (χ4v) is 5.57. The van der Waals surface area contributed by atoms with Crippen LogP contribution >= 0.6 is 0 Å². The van der Waals surface area contributed by atoms with E-state index in [9.17, 15) is 24.3 Å². The highest BCUT2D eigenvalue weighted by Crippen LogP contribution is 2.40. The number of carbonyl (C=O) groups is 4. The summed E-state index contributed by atoms with van der Waals surface area (Å²) < 4.78 is 0. The first-order chi connectivity index (χ1) is 12.9. The number of imide groups is 1. The van der Waals surface area contributed by atoms with E-state index < -0.39 is 23.6 Å². The molecule has 4 fully saturated rings. The Morgan fingerprint density at radius 1 is 1.11 bits per heavy atom. The Balaban J connectivity index is 1.43. The number of hydrogen-bond donors (Lipinski definition) is 2. The molecule has 4 rings (SSSR count). The van der Waals surface area contributed by atoms with Gasteiger partial charge >= 0.3 is 12.0 Å². The van der Waals surface area contributed by atoms with E-state index in [4.69, 9.17) is 0 Å². The van der Waals surface area contributed by atoms with Crippen LogP contribution in [0.5, 0.6) is 0 Å². The molecule has 8 nitrogen and oxygen atoms in total. The molecule has 0 aromatic carbocycles. The van der Waals surface area contributed by atoms with Crippen LogP contribution in [0, 0.1) is 5.92 Å². The molecule has 2 aliphatic carbocycles. The number of likely N-dealkylation sites (tertiary alicyclic amines) is 1. The van der Waals surface area contributed by atoms with E-state index in [0.29, 0.717) is 19.3 Å². The predicted octanol–water partition coefficient (Wildman–Crippen LogP) is 1.49. The molecule has 1 spiro atoms. The largest absolute Gasteiger partial charge is 0.480 e. The SMILES string of the molecule is O=C(O)[C@@H]1C[C@H]2CCCC[C@@H]2N1C(=O)CCN1C(=O)NC2(CCCC2)C1=O. The van der Waals surface area contributed by atoms with Gasteiger partial charge in [0.05, 0.1) is 0 Å². The highest BCUT2D eigenvalue weighted by Gasteiger charge is 2.53. The van der Waals surface area contributed by atoms with Crippen molar-refractivity contribution < 1.29 is 24.3 Å². The number of fused-ring (bicyclic) bond motifs is 1. The van der Waals surface area contributed by atoms with Crippen LogP contribution in [0.25, 0.3) is 0 Å². The van der Waals surface area contributed by atoms with Crippen LogP contribution in [0.1, 0.15) is 64.2 Å². The van der Waals surface area contributed by atoms with Crippen LogP contribution in [-0.4, -0.2) is 62.9 Å². The minimum atomic E-state index is -0.961. The van der Waals surface area contributed by atoms with E-state index in [1.54, 1.807) is 0 Å². The zero-order valence-electron chi connectivity index (χ0n) is 15.5. The molecule has 0 bridgehead atoms. The van der Waals surface area contributed by atoms with E-state index in [2.05, 4.69) is 5.32 Å². The van der Waals surface area contributed by atoms with Gasteiger partial charge in [0.25, 0.3) is 5.91 Å². The number of carboxylic acids is 1. The molecule has 0 unspecified atom stereocenters. The second kappa shape index (κ2) is 6.80. The third-order valence-corrected chi connectivity index (χ3v) is 6.91. The fraction of sp³-hybridized carbons (Fsp3) is 0.789. The maximum atomic E-state index is 12.9. The molecule has 3 atom stereocenters. The molecule has 8 heteroatoms. The average molecular weight is 377 g/mol. The summed E-state index contributed by atoms with van der Waals surface area (Å²) in [6, 6.07) is -1.23. The molecule has 2 heterocycles. The highest BCUT2D eigenvalue weighted by atomic mass is 16.4. The Bertz CT molecular complexity index is 672. The minimum Gasteiger partial charge on any atom is -0.480 e. The van der Waals surface area contributed by atoms with Gasteiger partial charge in [0.1, 0.15) is 11.6 Å². The van der Waals surface area contributed by atoms with Gasteiger partial charge in [0.15, 0.2) is 0 Å². The lowest BCUT2D eigenvalue weighted by atomic mass is 9.84. The molecule has 148 valence electrons. The van der Waals surface area contributed by atoms with Crippen molar-refractivity contribution in [1.82, 2.24) is 15.1 Å². The zero-order chi connectivity index (χ0) is 19.2. The maximum Gasteiger partial charge on any atom is 0.326 e. The third-order valence-electron chi connectivity index (χ3n) is 6.91. The number of carboxylic acid groups (broad SMARTS) is 1. The second-order valence-corrected chi connectivity index (χ2v) is 8.43. The summed E-state index contributed by atoms with van der Waals surface area (Å²) in [5, 5.41) is 12.4. The summed E-state index contributed by atoms with van der Waals surface area (Å²) in [5.41, 5.74) is -0.772. The van der Waals surface area contributed by atoms with Gasteiger partial charge in [-0.3, -0.25) is 14.5 Å². The first-order valence-corrected chi connectivity index (χ1v) is 10.1. The maximum absolute atomic E-state index is 12.9. The van der Waals surface area contributed by atoms with E-state index in [1.165, 1.54) is 4.90 Å². The molecule has 2 N–H and O–H groups in total. The van der Waals surface area contributed by atoms with Crippen LogP contribution < -0.4 is 5.32 Å². The van der Waals surface area contributed by atoms with Gasteiger partial charge in [-0.15, -0.1) is 0 Å². The molecule has 27 heavy (non-hydrogen) atoms. The highest BCUT2D eigenvalue weighted by molar-refractivity contribution is 6.07. The normalized spacial score (nSPS) is 32.1. The van der Waals surface area contributed by atoms with E-state index in [-0.39, 0.29) is 36.7 Å². The fourth-order valence-electron chi connectivity index (χ4n) is 5.57. The Hall–Kier alpha value is -2.12. The number of nitrogens with zero attached hydrogens (tertiary/aromatic N) is 2. The quantitative estimate of drug-likeness (QED) is 0.722. The summed E-state index contributed by atoms with van der Waals surface area (Å²) in [4.78, 5) is 52.2. The van der Waals surface area contributed by atoms with Gasteiger partial charge in [-0.1, -0.05) is 25.7 Å². The number of rotatable bonds is 4. The zero-order valence-corrected chi connectivity index (χ0v) is 15.5. The van der Waals surface area contributed by atoms with E-state index in [0.717, 1.165) is 43.4 Å². The number of carbonyl (C=O) groups excluding carboxylic acids is 3. The molecule has 0 aromatic rings. The molecule has 4 amide bonds. The standard InChI is InChI=1S/C19H27N3O5/c23-15(22-13-6-2-1-5-12(13)11-14(22)16(24)25)7-10-21-17(26)19(20-18(21)27)8-3-4-9-19/h12-14H,1-11H2,(H,20,27)(H,24,25)/t12-,13+,14+/m1/s1. The van der Waals surface area contributed by atoms with Crippen molar-refractivity contribution in [1.29, 1.82) is 0 Å². The van der Waals surface area contributed by atoms with Crippen molar-refractivity contribution >= 4 is 23.8 Å². The summed E-state index contributed by atoms with van der Waals surface area (Å²) >= 11 is 0. The first-order valence-electron chi connectivity index (χ1n) is 10.1. The van der Waals surface area contributed by atoms with Gasteiger partial charge in [-0.25, -0.2) is 9.59 Å². The number of amides is 4. The van der Waals surface area contributed by atoms with Gasteiger partial charge < -0.3 is 15.3 Å². The molecule has 0 radical (unpaired) electrons. The average Bonchev–Trinajstić information content (AvgIpc) is 3.31. The number of hydrogen-bond acceptors (Lipinski definition) is 4. The topological polar surface area (TPSA) is 107 Å². The lowest BCUT2D eigenvalue weighted by Gasteiger charge is -2.33. The van der Waals surface area contributed by atoms with Crippen LogP contribution in [0.2, 0.25) is 0 Å². The van der Waals surface area contributed by atoms with Crippen molar-refractivity contribution in [2.24, 2.45) is 5.92 Å². The van der Waals surface area contributed by atoms with E-state index >= 15 is 0 Å². The molecule has 0 aromatic heterocycles. The third kappa shape index (κ3) is 2.99. The van der Waals surface area contributed by atoms with Crippen LogP contribution in [-0.2, 0) is 14.4 Å². The monoisotopic (exact) mass is 377 g/mol. The number of nitrogens with one attached hydrogen (secondary N) is 1. The Labute approximate surface area is 158 Å². The Morgan fingerprint density at radius 3 is 2.52 bits per heavy atom. The van der Waals surface area contributed by atoms with Crippen LogP contribution in [0.4, 0.5) is 4.79 Å². The van der Waals surface area contributed by atoms with Crippen molar-refractivity contribution in [2.45, 2.75) is 81.8 Å². The molecular formula is C19H27N3O5. The number of aliphatic carboxylic acids is 1. The lowest BCUT2D eigenvalue weighted by molar-refractivity contribution is -0.150. The Morgan fingerprint density at radius 2 is 1.81 bits per heavy atom. The predicted molar refractivity (Wildman–Crippen MR) is 94.7 cm³/mol. The summed E-state index contributed by atoms with van der Waals surface area (Å²) in [6.45, 7) is 0.0193. The summed E-state index contributed by atoms with van der Waals surface area (Å²) in [6.07, 6.45) is 7.52. The first kappa shape index (κ1) is 18.3. The lowest BCUT2D eigenvalue weighted by Crippen LogP contribution is -2.47. The van der Waals surface area contributed by atoms with Gasteiger partial charge in [-0.2, -0.15) is 0 Å². The molecule has 2 aliphatic heterocycles. The van der Waals surface area contributed by atoms with Crippen molar-refractivity contribution in [3.05, 3.63) is 0 Å². The summed E-state index contributed by atoms with van der Waals surface area (Å²) in [5.74, 6) is -1.20. The van der Waals surface area contributed by atoms with Crippen molar-refractivity contribution in [2.75, 3.05) is 6.54 Å². The van der Waals surface area contributed by atoms with Gasteiger partial charge in [-0.05, 0) is 38.0 Å². The van der Waals surface area contributed by atoms with Crippen LogP contribution in [0.15, 0.2) is 0 Å². The van der Waals surface area contributed by atoms with Gasteiger partial charge in [0, 0.05) is 19.0 Å². The smallest absolute Gasteiger partial charge is 0.326 e. The van der Waals surface area contributed by atoms with Crippen LogP contribution in [0.3, 0.4) is 0 Å². The van der Waals surface area contributed by atoms with E-state index in [1.807, 2.05) is 0 Å². The molecule has 2 saturated heterocycles. The van der Waals surface area contributed by atoms with Crippen molar-refractivity contribution in [3.63, 3.8) is 0 Å². The minimum absolute atomic E-state index is 0.0117. The summed E-state index contributed by atoms with van der Waals surface area (Å²) in [7, 11) is 0. The molecular weight excluding hydrogens is 350 g/mol. The molecule has 4 aliphatic rings.